The second-order valence-corrected chi connectivity index (χ2v) is 8.66. The first kappa shape index (κ1) is 20.2. The van der Waals surface area contributed by atoms with Crippen molar-refractivity contribution in [1.82, 2.24) is 14.5 Å². The molecule has 140 valence electrons. The molecule has 1 amide bonds. The Balaban J connectivity index is 2.15. The number of benzene rings is 1. The normalized spacial score (nSPS) is 16.8. The highest BCUT2D eigenvalue weighted by atomic mass is 35.5. The van der Waals surface area contributed by atoms with Crippen molar-refractivity contribution in [3.05, 3.63) is 28.8 Å². The molecule has 0 atom stereocenters. The Morgan fingerprint density at radius 3 is 2.52 bits per heavy atom. The van der Waals surface area contributed by atoms with Crippen molar-refractivity contribution in [2.45, 2.75) is 31.1 Å². The molecule has 8 heteroatoms. The lowest BCUT2D eigenvalue weighted by Gasteiger charge is -2.31. The average Bonchev–Trinajstić information content (AvgIpc) is 2.59. The van der Waals surface area contributed by atoms with Gasteiger partial charge in [-0.05, 0) is 31.7 Å². The summed E-state index contributed by atoms with van der Waals surface area (Å²) in [5.74, 6) is -0.337. The molecule has 1 aromatic rings. The molecule has 0 saturated carbocycles. The lowest BCUT2D eigenvalue weighted by molar-refractivity contribution is 0.0953. The second kappa shape index (κ2) is 8.98. The van der Waals surface area contributed by atoms with E-state index >= 15 is 0 Å². The zero-order valence-corrected chi connectivity index (χ0v) is 16.4. The Bertz CT molecular complexity index is 701. The molecule has 6 nitrogen and oxygen atoms in total. The van der Waals surface area contributed by atoms with Gasteiger partial charge in [0.25, 0.3) is 5.91 Å². The van der Waals surface area contributed by atoms with E-state index < -0.39 is 10.0 Å². The maximum absolute atomic E-state index is 12.8. The molecule has 1 N–H and O–H groups in total. The Labute approximate surface area is 155 Å². The molecule has 2 rings (SSSR count). The number of carbonyl (C=O) groups excluding carboxylic acids is 1. The molecule has 0 aliphatic carbocycles. The summed E-state index contributed by atoms with van der Waals surface area (Å²) in [6.07, 6.45) is 2.99. The molecule has 1 aromatic carbocycles. The number of hydrogen-bond donors (Lipinski definition) is 1. The maximum atomic E-state index is 12.8. The van der Waals surface area contributed by atoms with E-state index in [4.69, 9.17) is 11.6 Å². The Morgan fingerprint density at radius 1 is 1.20 bits per heavy atom. The number of nitrogens with zero attached hydrogens (tertiary/aromatic N) is 2. The van der Waals surface area contributed by atoms with Gasteiger partial charge in [0.1, 0.15) is 0 Å². The highest BCUT2D eigenvalue weighted by Crippen LogP contribution is 2.23. The first-order chi connectivity index (χ1) is 11.9. The highest BCUT2D eigenvalue weighted by molar-refractivity contribution is 7.89. The summed E-state index contributed by atoms with van der Waals surface area (Å²) in [6, 6.07) is 4.32. The number of piperazine rings is 1. The van der Waals surface area contributed by atoms with Gasteiger partial charge in [-0.15, -0.1) is 0 Å². The molecule has 1 aliphatic heterocycles. The number of unbranched alkanes of at least 4 members (excludes halogenated alkanes) is 2. The Hall–Kier alpha value is -1.15. The van der Waals surface area contributed by atoms with Crippen LogP contribution in [0, 0.1) is 0 Å². The topological polar surface area (TPSA) is 69.7 Å². The first-order valence-electron chi connectivity index (χ1n) is 8.62. The second-order valence-electron chi connectivity index (χ2n) is 6.31. The van der Waals surface area contributed by atoms with Crippen LogP contribution in [0.25, 0.3) is 0 Å². The van der Waals surface area contributed by atoms with Gasteiger partial charge < -0.3 is 10.2 Å². The Morgan fingerprint density at radius 2 is 1.88 bits per heavy atom. The highest BCUT2D eigenvalue weighted by Gasteiger charge is 2.28. The summed E-state index contributed by atoms with van der Waals surface area (Å²) in [5, 5.41) is 3.06. The molecular weight excluding hydrogens is 362 g/mol. The number of nitrogens with one attached hydrogen (secondary N) is 1. The van der Waals surface area contributed by atoms with E-state index in [1.807, 2.05) is 7.05 Å². The number of halogens is 1. The van der Waals surface area contributed by atoms with Crippen LogP contribution in [0.5, 0.6) is 0 Å². The van der Waals surface area contributed by atoms with Crippen molar-refractivity contribution in [3.63, 3.8) is 0 Å². The van der Waals surface area contributed by atoms with Crippen molar-refractivity contribution >= 4 is 27.5 Å². The van der Waals surface area contributed by atoms with E-state index in [-0.39, 0.29) is 21.4 Å². The molecule has 0 spiro atoms. The lowest BCUT2D eigenvalue weighted by atomic mass is 10.2. The van der Waals surface area contributed by atoms with E-state index in [2.05, 4.69) is 17.1 Å². The molecule has 1 aliphatic rings. The standard InChI is InChI=1S/C17H26ClN3O3S/c1-3-4-5-8-19-17(22)15-13-14(6-7-16(15)18)25(23,24)21-11-9-20(2)10-12-21/h6-7,13H,3-5,8-12H2,1-2H3,(H,19,22). The van der Waals surface area contributed by atoms with Gasteiger partial charge in [0.15, 0.2) is 0 Å². The lowest BCUT2D eigenvalue weighted by Crippen LogP contribution is -2.47. The fourth-order valence-electron chi connectivity index (χ4n) is 2.69. The van der Waals surface area contributed by atoms with E-state index in [0.717, 1.165) is 19.3 Å². The quantitative estimate of drug-likeness (QED) is 0.728. The van der Waals surface area contributed by atoms with Gasteiger partial charge in [-0.3, -0.25) is 4.79 Å². The molecule has 0 unspecified atom stereocenters. The molecule has 1 saturated heterocycles. The number of sulfonamides is 1. The van der Waals surface area contributed by atoms with Crippen LogP contribution in [-0.4, -0.2) is 63.3 Å². The van der Waals surface area contributed by atoms with Gasteiger partial charge in [-0.1, -0.05) is 31.4 Å². The molecular formula is C17H26ClN3O3S. The maximum Gasteiger partial charge on any atom is 0.252 e. The van der Waals surface area contributed by atoms with Crippen molar-refractivity contribution < 1.29 is 13.2 Å². The van der Waals surface area contributed by atoms with Gasteiger partial charge in [-0.25, -0.2) is 8.42 Å². The zero-order valence-electron chi connectivity index (χ0n) is 14.8. The summed E-state index contributed by atoms with van der Waals surface area (Å²) in [4.78, 5) is 14.5. The predicted octanol–water partition coefficient (Wildman–Crippen LogP) is 2.20. The third kappa shape index (κ3) is 5.17. The van der Waals surface area contributed by atoms with Crippen LogP contribution in [0.1, 0.15) is 36.5 Å². The van der Waals surface area contributed by atoms with Crippen LogP contribution in [0.2, 0.25) is 5.02 Å². The fourth-order valence-corrected chi connectivity index (χ4v) is 4.34. The summed E-state index contributed by atoms with van der Waals surface area (Å²) < 4.78 is 27.1. The number of likely N-dealkylation sites (N-methyl/N-ethyl adjacent to an activating group) is 1. The summed E-state index contributed by atoms with van der Waals surface area (Å²) in [7, 11) is -1.65. The number of amides is 1. The van der Waals surface area contributed by atoms with Crippen molar-refractivity contribution in [3.8, 4) is 0 Å². The fraction of sp³-hybridized carbons (Fsp3) is 0.588. The van der Waals surface area contributed by atoms with Crippen LogP contribution in [0.15, 0.2) is 23.1 Å². The van der Waals surface area contributed by atoms with Gasteiger partial charge in [0, 0.05) is 32.7 Å². The monoisotopic (exact) mass is 387 g/mol. The average molecular weight is 388 g/mol. The molecule has 1 fully saturated rings. The largest absolute Gasteiger partial charge is 0.352 e. The minimum Gasteiger partial charge on any atom is -0.352 e. The molecule has 0 radical (unpaired) electrons. The molecule has 0 bridgehead atoms. The van der Waals surface area contributed by atoms with E-state index in [1.165, 1.54) is 22.5 Å². The van der Waals surface area contributed by atoms with Gasteiger partial charge in [-0.2, -0.15) is 4.31 Å². The number of rotatable bonds is 7. The predicted molar refractivity (Wildman–Crippen MR) is 99.6 cm³/mol. The van der Waals surface area contributed by atoms with Gasteiger partial charge in [0.05, 0.1) is 15.5 Å². The van der Waals surface area contributed by atoms with Gasteiger partial charge >= 0.3 is 0 Å². The number of hydrogen-bond acceptors (Lipinski definition) is 4. The van der Waals surface area contributed by atoms with Gasteiger partial charge in [0.2, 0.25) is 10.0 Å². The first-order valence-corrected chi connectivity index (χ1v) is 10.4. The summed E-state index contributed by atoms with van der Waals surface area (Å²) in [5.41, 5.74) is 0.202. The van der Waals surface area contributed by atoms with Crippen LogP contribution in [-0.2, 0) is 10.0 Å². The summed E-state index contributed by atoms with van der Waals surface area (Å²) >= 11 is 6.11. The molecule has 0 aromatic heterocycles. The van der Waals surface area contributed by atoms with Crippen molar-refractivity contribution in [1.29, 1.82) is 0 Å². The van der Waals surface area contributed by atoms with Crippen LogP contribution in [0.3, 0.4) is 0 Å². The zero-order chi connectivity index (χ0) is 18.4. The van der Waals surface area contributed by atoms with Crippen molar-refractivity contribution in [2.24, 2.45) is 0 Å². The van der Waals surface area contributed by atoms with Crippen LogP contribution in [0.4, 0.5) is 0 Å². The summed E-state index contributed by atoms with van der Waals surface area (Å²) in [6.45, 7) is 4.92. The third-order valence-electron chi connectivity index (χ3n) is 4.35. The SMILES string of the molecule is CCCCCNC(=O)c1cc(S(=O)(=O)N2CCN(C)CC2)ccc1Cl. The van der Waals surface area contributed by atoms with Crippen molar-refractivity contribution in [2.75, 3.05) is 39.8 Å². The van der Waals surface area contributed by atoms with E-state index in [1.54, 1.807) is 0 Å². The van der Waals surface area contributed by atoms with E-state index in [0.29, 0.717) is 32.7 Å². The minimum atomic E-state index is -3.62. The van der Waals surface area contributed by atoms with E-state index in [9.17, 15) is 13.2 Å². The van der Waals surface area contributed by atoms with Crippen LogP contribution >= 0.6 is 11.6 Å². The minimum absolute atomic E-state index is 0.111. The molecule has 25 heavy (non-hydrogen) atoms. The third-order valence-corrected chi connectivity index (χ3v) is 6.57. The molecule has 1 heterocycles. The number of carbonyl (C=O) groups is 1. The Kier molecular flexibility index (Phi) is 7.25. The van der Waals surface area contributed by atoms with Crippen LogP contribution < -0.4 is 5.32 Å². The smallest absolute Gasteiger partial charge is 0.252 e.